The van der Waals surface area contributed by atoms with Crippen LogP contribution < -0.4 is 0 Å². The summed E-state index contributed by atoms with van der Waals surface area (Å²) in [5.74, 6) is 0. The monoisotopic (exact) mass is 358 g/mol. The maximum atomic E-state index is 12.1. The van der Waals surface area contributed by atoms with Gasteiger partial charge < -0.3 is 13.3 Å². The number of rotatable bonds is 15. The zero-order valence-electron chi connectivity index (χ0n) is 14.8. The fraction of sp³-hybridized carbons (Fsp3) is 1.00. The molecule has 0 spiro atoms. The van der Waals surface area contributed by atoms with Gasteiger partial charge in [-0.05, 0) is 32.1 Å². The van der Waals surface area contributed by atoms with Gasteiger partial charge in [0.1, 0.15) is 0 Å². The summed E-state index contributed by atoms with van der Waals surface area (Å²) in [5.41, 5.74) is 0. The van der Waals surface area contributed by atoms with Crippen LogP contribution in [0.3, 0.4) is 0 Å². The molecule has 0 radical (unpaired) electrons. The highest BCUT2D eigenvalue weighted by Gasteiger charge is 2.40. The van der Waals surface area contributed by atoms with E-state index in [1.165, 1.54) is 0 Å². The second kappa shape index (κ2) is 13.2. The Kier molecular flexibility index (Phi) is 13.1. The van der Waals surface area contributed by atoms with E-state index in [9.17, 15) is 13.2 Å². The smallest absolute Gasteiger partial charge is 0.373 e. The van der Waals surface area contributed by atoms with Gasteiger partial charge >= 0.3 is 15.0 Å². The molecule has 0 fully saturated rings. The van der Waals surface area contributed by atoms with Gasteiger partial charge in [-0.15, -0.1) is 0 Å². The Morgan fingerprint density at radius 3 is 1.52 bits per heavy atom. The van der Waals surface area contributed by atoms with Crippen LogP contribution in [0.1, 0.15) is 72.1 Å². The zero-order chi connectivity index (χ0) is 17.6. The molecule has 0 saturated heterocycles. The van der Waals surface area contributed by atoms with Crippen molar-refractivity contribution >= 4 is 8.80 Å². The van der Waals surface area contributed by atoms with Crippen LogP contribution in [0.5, 0.6) is 0 Å². The van der Waals surface area contributed by atoms with Crippen LogP contribution in [0, 0.1) is 0 Å². The van der Waals surface area contributed by atoms with Gasteiger partial charge in [-0.25, -0.2) is 0 Å². The molecule has 0 aromatic carbocycles. The molecule has 3 nitrogen and oxygen atoms in total. The molecule has 0 bridgehead atoms. The predicted molar refractivity (Wildman–Crippen MR) is 88.4 cm³/mol. The fourth-order valence-corrected chi connectivity index (χ4v) is 5.05. The van der Waals surface area contributed by atoms with Gasteiger partial charge in [-0.2, -0.15) is 13.2 Å². The molecule has 7 heteroatoms. The first-order valence-electron chi connectivity index (χ1n) is 8.87. The molecular weight excluding hydrogens is 325 g/mol. The molecule has 0 amide bonds. The van der Waals surface area contributed by atoms with Gasteiger partial charge in [-0.3, -0.25) is 0 Å². The minimum absolute atomic E-state index is 0.194. The van der Waals surface area contributed by atoms with E-state index in [0.717, 1.165) is 32.1 Å². The number of hydrogen-bond acceptors (Lipinski definition) is 3. The summed E-state index contributed by atoms with van der Waals surface area (Å²) in [4.78, 5) is 0. The summed E-state index contributed by atoms with van der Waals surface area (Å²) in [6.07, 6.45) is 0.269. The summed E-state index contributed by atoms with van der Waals surface area (Å²) in [6, 6.07) is 0.693. The lowest BCUT2D eigenvalue weighted by Crippen LogP contribution is -2.46. The first-order chi connectivity index (χ1) is 10.9. The molecule has 0 N–H and O–H groups in total. The Bertz CT molecular complexity index is 254. The van der Waals surface area contributed by atoms with Crippen LogP contribution in [0.15, 0.2) is 0 Å². The summed E-state index contributed by atoms with van der Waals surface area (Å²) in [5, 5.41) is 0. The van der Waals surface area contributed by atoms with Crippen LogP contribution in [-0.2, 0) is 13.3 Å². The van der Waals surface area contributed by atoms with Crippen LogP contribution in [0.25, 0.3) is 0 Å². The maximum Gasteiger partial charge on any atom is 0.500 e. The summed E-state index contributed by atoms with van der Waals surface area (Å²) in [7, 11) is -2.68. The first-order valence-corrected chi connectivity index (χ1v) is 10.8. The SMILES string of the molecule is CCCO[Si](CCCCCCC(F)(F)F)(OCCC)OCCC. The molecule has 0 aliphatic carbocycles. The molecule has 0 aliphatic rings. The molecule has 140 valence electrons. The molecule has 0 atom stereocenters. The standard InChI is InChI=1S/C16H33F3O3Si/c1-4-12-20-23(21-13-5-2,22-14-6-3)15-10-8-7-9-11-16(17,18)19/h4-15H2,1-3H3. The fourth-order valence-electron chi connectivity index (χ4n) is 2.13. The molecule has 0 unspecified atom stereocenters. The quantitative estimate of drug-likeness (QED) is 0.277. The number of hydrogen-bond donors (Lipinski definition) is 0. The predicted octanol–water partition coefficient (Wildman–Crippen LogP) is 5.72. The van der Waals surface area contributed by atoms with E-state index < -0.39 is 21.4 Å². The minimum atomic E-state index is -4.04. The highest BCUT2D eigenvalue weighted by Crippen LogP contribution is 2.25. The van der Waals surface area contributed by atoms with Crippen molar-refractivity contribution in [2.75, 3.05) is 19.8 Å². The molecule has 0 saturated carbocycles. The molecular formula is C16H33F3O3Si. The van der Waals surface area contributed by atoms with Crippen molar-refractivity contribution in [1.29, 1.82) is 0 Å². The molecule has 23 heavy (non-hydrogen) atoms. The van der Waals surface area contributed by atoms with Crippen LogP contribution in [0.2, 0.25) is 6.04 Å². The lowest BCUT2D eigenvalue weighted by Gasteiger charge is -2.29. The van der Waals surface area contributed by atoms with Crippen molar-refractivity contribution < 1.29 is 26.4 Å². The topological polar surface area (TPSA) is 27.7 Å². The molecule has 0 aliphatic heterocycles. The Labute approximate surface area is 140 Å². The zero-order valence-corrected chi connectivity index (χ0v) is 15.8. The first kappa shape index (κ1) is 22.9. The van der Waals surface area contributed by atoms with Crippen LogP contribution in [0.4, 0.5) is 13.2 Å². The second-order valence-electron chi connectivity index (χ2n) is 5.76. The van der Waals surface area contributed by atoms with Crippen molar-refractivity contribution in [2.24, 2.45) is 0 Å². The van der Waals surface area contributed by atoms with E-state index in [-0.39, 0.29) is 6.42 Å². The number of alkyl halides is 3. The Hall–Kier alpha value is -0.113. The largest absolute Gasteiger partial charge is 0.500 e. The highest BCUT2D eigenvalue weighted by molar-refractivity contribution is 6.60. The Morgan fingerprint density at radius 1 is 0.696 bits per heavy atom. The van der Waals surface area contributed by atoms with Gasteiger partial charge in [0.25, 0.3) is 0 Å². The Morgan fingerprint density at radius 2 is 1.13 bits per heavy atom. The van der Waals surface area contributed by atoms with Crippen molar-refractivity contribution in [3.05, 3.63) is 0 Å². The summed E-state index contributed by atoms with van der Waals surface area (Å²) in [6.45, 7) is 7.93. The van der Waals surface area contributed by atoms with E-state index >= 15 is 0 Å². The van der Waals surface area contributed by atoms with E-state index in [4.69, 9.17) is 13.3 Å². The maximum absolute atomic E-state index is 12.1. The van der Waals surface area contributed by atoms with Crippen molar-refractivity contribution in [2.45, 2.75) is 84.4 Å². The average molecular weight is 359 g/mol. The van der Waals surface area contributed by atoms with Crippen molar-refractivity contribution in [1.82, 2.24) is 0 Å². The third kappa shape index (κ3) is 12.9. The van der Waals surface area contributed by atoms with Gasteiger partial charge in [-0.1, -0.05) is 33.6 Å². The lowest BCUT2D eigenvalue weighted by molar-refractivity contribution is -0.135. The Balaban J connectivity index is 4.29. The minimum Gasteiger partial charge on any atom is -0.373 e. The van der Waals surface area contributed by atoms with Gasteiger partial charge in [0.15, 0.2) is 0 Å². The third-order valence-corrected chi connectivity index (χ3v) is 6.17. The second-order valence-corrected chi connectivity index (χ2v) is 8.49. The van der Waals surface area contributed by atoms with Gasteiger partial charge in [0, 0.05) is 32.3 Å². The van der Waals surface area contributed by atoms with Crippen molar-refractivity contribution in [3.63, 3.8) is 0 Å². The molecule has 0 aromatic rings. The third-order valence-electron chi connectivity index (χ3n) is 3.27. The van der Waals surface area contributed by atoms with Crippen LogP contribution >= 0.6 is 0 Å². The van der Waals surface area contributed by atoms with Gasteiger partial charge in [0.2, 0.25) is 0 Å². The van der Waals surface area contributed by atoms with E-state index in [2.05, 4.69) is 0 Å². The normalized spacial score (nSPS) is 12.8. The van der Waals surface area contributed by atoms with Crippen molar-refractivity contribution in [3.8, 4) is 0 Å². The molecule has 0 heterocycles. The van der Waals surface area contributed by atoms with E-state index in [1.54, 1.807) is 0 Å². The van der Waals surface area contributed by atoms with E-state index in [1.807, 2.05) is 20.8 Å². The van der Waals surface area contributed by atoms with E-state index in [0.29, 0.717) is 32.3 Å². The average Bonchev–Trinajstić information content (AvgIpc) is 2.50. The lowest BCUT2D eigenvalue weighted by atomic mass is 10.1. The molecule has 0 rings (SSSR count). The highest BCUT2D eigenvalue weighted by atomic mass is 28.4. The van der Waals surface area contributed by atoms with Gasteiger partial charge in [0.05, 0.1) is 0 Å². The molecule has 0 aromatic heterocycles. The van der Waals surface area contributed by atoms with Crippen LogP contribution in [-0.4, -0.2) is 34.8 Å². The number of halogens is 3. The summed E-state index contributed by atoms with van der Waals surface area (Å²) >= 11 is 0. The number of unbranched alkanes of at least 4 members (excludes halogenated alkanes) is 3. The summed E-state index contributed by atoms with van der Waals surface area (Å²) < 4.78 is 54.2.